The molecule has 3 aromatic rings. The molecule has 1 aromatic heterocycles. The molecule has 1 aliphatic heterocycles. The Morgan fingerprint density at radius 1 is 1.22 bits per heavy atom. The van der Waals surface area contributed by atoms with Gasteiger partial charge in [-0.2, -0.15) is 0 Å². The minimum Gasteiger partial charge on any atom is -0.366 e. The molecule has 0 radical (unpaired) electrons. The Morgan fingerprint density at radius 2 is 1.96 bits per heavy atom. The second-order valence-electron chi connectivity index (χ2n) is 6.96. The number of benzene rings is 2. The van der Waals surface area contributed by atoms with Crippen LogP contribution in [0.5, 0.6) is 0 Å². The Balaban J connectivity index is 1.65. The molecule has 7 heteroatoms. The van der Waals surface area contributed by atoms with Gasteiger partial charge in [0.1, 0.15) is 5.69 Å². The third kappa shape index (κ3) is 3.16. The topological polar surface area (TPSA) is 92.1 Å². The Hall–Kier alpha value is -3.22. The molecule has 0 aliphatic carbocycles. The molecule has 2 aromatic carbocycles. The number of hydrogen-bond acceptors (Lipinski definition) is 5. The molecule has 1 saturated heterocycles. The van der Waals surface area contributed by atoms with Crippen LogP contribution in [0.3, 0.4) is 0 Å². The van der Waals surface area contributed by atoms with E-state index >= 15 is 0 Å². The van der Waals surface area contributed by atoms with Gasteiger partial charge >= 0.3 is 0 Å². The van der Waals surface area contributed by atoms with Crippen LogP contribution in [0.2, 0.25) is 0 Å². The number of aryl methyl sites for hydroxylation is 1. The zero-order valence-corrected chi connectivity index (χ0v) is 15.0. The smallest absolute Gasteiger partial charge is 0.293 e. The average molecular weight is 364 g/mol. The van der Waals surface area contributed by atoms with Crippen LogP contribution < -0.4 is 10.5 Å². The van der Waals surface area contributed by atoms with Crippen molar-refractivity contribution in [1.82, 2.24) is 9.97 Å². The van der Waals surface area contributed by atoms with Crippen molar-refractivity contribution in [3.8, 4) is 0 Å². The fraction of sp³-hybridized carbons (Fsp3) is 0.300. The minimum atomic E-state index is -0.422. The Labute approximate surface area is 155 Å². The maximum atomic E-state index is 11.9. The summed E-state index contributed by atoms with van der Waals surface area (Å²) in [5.74, 6) is 0.461. The van der Waals surface area contributed by atoms with Gasteiger partial charge in [0.05, 0.1) is 22.2 Å². The summed E-state index contributed by atoms with van der Waals surface area (Å²) in [5.41, 5.74) is 3.24. The van der Waals surface area contributed by atoms with Crippen LogP contribution in [-0.4, -0.2) is 28.0 Å². The van der Waals surface area contributed by atoms with Gasteiger partial charge in [0.15, 0.2) is 0 Å². The second kappa shape index (κ2) is 6.83. The number of aromatic nitrogens is 2. The number of nitro benzene ring substituents is 1. The molecule has 1 N–H and O–H groups in total. The van der Waals surface area contributed by atoms with E-state index in [1.54, 1.807) is 6.07 Å². The molecule has 1 fully saturated rings. The van der Waals surface area contributed by atoms with Crippen LogP contribution >= 0.6 is 0 Å². The monoisotopic (exact) mass is 364 g/mol. The highest BCUT2D eigenvalue weighted by atomic mass is 16.6. The number of nitrogens with zero attached hydrogens (tertiary/aromatic N) is 3. The van der Waals surface area contributed by atoms with Crippen LogP contribution in [0.15, 0.2) is 47.5 Å². The van der Waals surface area contributed by atoms with E-state index in [1.165, 1.54) is 23.5 Å². The van der Waals surface area contributed by atoms with Crippen molar-refractivity contribution >= 4 is 22.3 Å². The van der Waals surface area contributed by atoms with E-state index in [9.17, 15) is 14.9 Å². The van der Waals surface area contributed by atoms with E-state index in [0.29, 0.717) is 17.1 Å². The molecule has 4 rings (SSSR count). The first kappa shape index (κ1) is 17.2. The van der Waals surface area contributed by atoms with E-state index < -0.39 is 4.92 Å². The van der Waals surface area contributed by atoms with E-state index in [4.69, 9.17) is 0 Å². The van der Waals surface area contributed by atoms with E-state index in [0.717, 1.165) is 25.9 Å². The van der Waals surface area contributed by atoms with Gasteiger partial charge in [-0.05, 0) is 42.9 Å². The van der Waals surface area contributed by atoms with Crippen molar-refractivity contribution in [3.63, 3.8) is 0 Å². The molecule has 0 spiro atoms. The number of H-pyrrole nitrogens is 1. The molecule has 138 valence electrons. The van der Waals surface area contributed by atoms with Crippen molar-refractivity contribution in [2.45, 2.75) is 25.7 Å². The van der Waals surface area contributed by atoms with Crippen LogP contribution in [0.4, 0.5) is 11.4 Å². The van der Waals surface area contributed by atoms with Crippen LogP contribution in [-0.2, 0) is 0 Å². The SMILES string of the molecule is Cc1ccccc1C1CCN(c2cc3nc[nH]c(=O)c3cc2[N+](=O)[O-])CC1. The number of piperidine rings is 1. The summed E-state index contributed by atoms with van der Waals surface area (Å²) in [6, 6.07) is 11.4. The molecule has 0 saturated carbocycles. The molecule has 0 bridgehead atoms. The number of anilines is 1. The first-order chi connectivity index (χ1) is 13.0. The Bertz CT molecular complexity index is 1070. The summed E-state index contributed by atoms with van der Waals surface area (Å²) in [6.07, 6.45) is 3.19. The standard InChI is InChI=1S/C20H20N4O3/c1-13-4-2-3-5-15(13)14-6-8-23(9-7-14)18-11-17-16(10-19(18)24(26)27)20(25)22-12-21-17/h2-5,10-12,14H,6-9H2,1H3,(H,21,22,25). The van der Waals surface area contributed by atoms with Gasteiger partial charge in [-0.3, -0.25) is 14.9 Å². The maximum Gasteiger partial charge on any atom is 0.293 e. The lowest BCUT2D eigenvalue weighted by atomic mass is 9.86. The molecule has 1 aliphatic rings. The highest BCUT2D eigenvalue weighted by Gasteiger charge is 2.27. The fourth-order valence-corrected chi connectivity index (χ4v) is 3.97. The third-order valence-corrected chi connectivity index (χ3v) is 5.40. The zero-order chi connectivity index (χ0) is 19.0. The number of fused-ring (bicyclic) bond motifs is 1. The number of nitro groups is 1. The summed E-state index contributed by atoms with van der Waals surface area (Å²) in [6.45, 7) is 3.59. The molecule has 0 amide bonds. The molecular formula is C20H20N4O3. The van der Waals surface area contributed by atoms with Crippen molar-refractivity contribution in [3.05, 3.63) is 74.3 Å². The highest BCUT2D eigenvalue weighted by Crippen LogP contribution is 2.36. The van der Waals surface area contributed by atoms with E-state index in [-0.39, 0.29) is 16.6 Å². The minimum absolute atomic E-state index is 0.0460. The largest absolute Gasteiger partial charge is 0.366 e. The summed E-state index contributed by atoms with van der Waals surface area (Å²) in [5, 5.41) is 11.8. The Morgan fingerprint density at radius 3 is 2.67 bits per heavy atom. The van der Waals surface area contributed by atoms with Gasteiger partial charge in [0.25, 0.3) is 11.2 Å². The molecule has 7 nitrogen and oxygen atoms in total. The highest BCUT2D eigenvalue weighted by molar-refractivity contribution is 5.87. The molecular weight excluding hydrogens is 344 g/mol. The predicted molar refractivity (Wildman–Crippen MR) is 104 cm³/mol. The molecule has 0 atom stereocenters. The number of rotatable bonds is 3. The summed E-state index contributed by atoms with van der Waals surface area (Å²) in [4.78, 5) is 31.8. The van der Waals surface area contributed by atoms with Crippen molar-refractivity contribution < 1.29 is 4.92 Å². The predicted octanol–water partition coefficient (Wildman–Crippen LogP) is 3.52. The summed E-state index contributed by atoms with van der Waals surface area (Å²) >= 11 is 0. The second-order valence-corrected chi connectivity index (χ2v) is 6.96. The van der Waals surface area contributed by atoms with Crippen molar-refractivity contribution in [2.24, 2.45) is 0 Å². The van der Waals surface area contributed by atoms with Gasteiger partial charge in [0, 0.05) is 19.2 Å². The molecule has 27 heavy (non-hydrogen) atoms. The molecule has 0 unspecified atom stereocenters. The number of nitrogens with one attached hydrogen (secondary N) is 1. The van der Waals surface area contributed by atoms with Crippen LogP contribution in [0, 0.1) is 17.0 Å². The van der Waals surface area contributed by atoms with Crippen molar-refractivity contribution in [1.29, 1.82) is 0 Å². The maximum absolute atomic E-state index is 11.9. The first-order valence-corrected chi connectivity index (χ1v) is 9.01. The van der Waals surface area contributed by atoms with E-state index in [1.807, 2.05) is 11.0 Å². The fourth-order valence-electron chi connectivity index (χ4n) is 3.97. The average Bonchev–Trinajstić information content (AvgIpc) is 2.68. The number of aromatic amines is 1. The van der Waals surface area contributed by atoms with Gasteiger partial charge in [0.2, 0.25) is 0 Å². The lowest BCUT2D eigenvalue weighted by Crippen LogP contribution is -2.33. The quantitative estimate of drug-likeness (QED) is 0.567. The van der Waals surface area contributed by atoms with Crippen molar-refractivity contribution in [2.75, 3.05) is 18.0 Å². The van der Waals surface area contributed by atoms with Gasteiger partial charge in [-0.1, -0.05) is 24.3 Å². The zero-order valence-electron chi connectivity index (χ0n) is 15.0. The lowest BCUT2D eigenvalue weighted by Gasteiger charge is -2.34. The number of hydrogen-bond donors (Lipinski definition) is 1. The Kier molecular flexibility index (Phi) is 4.35. The summed E-state index contributed by atoms with van der Waals surface area (Å²) in [7, 11) is 0. The van der Waals surface area contributed by atoms with E-state index in [2.05, 4.69) is 35.1 Å². The van der Waals surface area contributed by atoms with Gasteiger partial charge in [-0.15, -0.1) is 0 Å². The first-order valence-electron chi connectivity index (χ1n) is 9.01. The molecule has 2 heterocycles. The lowest BCUT2D eigenvalue weighted by molar-refractivity contribution is -0.384. The normalized spacial score (nSPS) is 15.2. The van der Waals surface area contributed by atoms with Crippen LogP contribution in [0.25, 0.3) is 10.9 Å². The third-order valence-electron chi connectivity index (χ3n) is 5.40. The van der Waals surface area contributed by atoms with Gasteiger partial charge in [-0.25, -0.2) is 4.98 Å². The van der Waals surface area contributed by atoms with Gasteiger partial charge < -0.3 is 9.88 Å². The van der Waals surface area contributed by atoms with Crippen LogP contribution in [0.1, 0.15) is 29.9 Å². The summed E-state index contributed by atoms with van der Waals surface area (Å²) < 4.78 is 0.